The van der Waals surface area contributed by atoms with Crippen molar-refractivity contribution in [3.8, 4) is 0 Å². The number of aliphatic hydroxyl groups excluding tert-OH is 1. The third kappa shape index (κ3) is 5.27. The van der Waals surface area contributed by atoms with Crippen LogP contribution < -0.4 is 10.6 Å². The van der Waals surface area contributed by atoms with Crippen molar-refractivity contribution in [3.63, 3.8) is 0 Å². The summed E-state index contributed by atoms with van der Waals surface area (Å²) in [6, 6.07) is 8.50. The molecule has 0 aliphatic heterocycles. The molecular weight excluding hydrogens is 446 g/mol. The van der Waals surface area contributed by atoms with Gasteiger partial charge in [-0.05, 0) is 42.1 Å². The Morgan fingerprint density at radius 1 is 1.06 bits per heavy atom. The van der Waals surface area contributed by atoms with E-state index in [0.29, 0.717) is 11.9 Å². The Labute approximate surface area is 204 Å². The molecule has 2 aliphatic carbocycles. The second-order valence-electron chi connectivity index (χ2n) is 11.1. The molecule has 1 aromatic heterocycles. The molecule has 34 heavy (non-hydrogen) atoms. The molecule has 3 N–H and O–H groups in total. The lowest BCUT2D eigenvalue weighted by Crippen LogP contribution is -2.45. The lowest BCUT2D eigenvalue weighted by atomic mass is 10.1. The van der Waals surface area contributed by atoms with Gasteiger partial charge in [0.1, 0.15) is 6.33 Å². The normalized spacial score (nSPS) is 27.0. The molecule has 5 atom stereocenters. The first-order valence-corrected chi connectivity index (χ1v) is 15.1. The van der Waals surface area contributed by atoms with Gasteiger partial charge < -0.3 is 24.9 Å². The first-order valence-electron chi connectivity index (χ1n) is 12.2. The highest BCUT2D eigenvalue weighted by Crippen LogP contribution is 2.41. The van der Waals surface area contributed by atoms with E-state index in [4.69, 9.17) is 9.16 Å². The zero-order chi connectivity index (χ0) is 24.5. The van der Waals surface area contributed by atoms with Crippen LogP contribution in [0.3, 0.4) is 0 Å². The predicted molar refractivity (Wildman–Crippen MR) is 136 cm³/mol. The van der Waals surface area contributed by atoms with E-state index in [1.165, 1.54) is 17.5 Å². The first-order chi connectivity index (χ1) is 16.1. The van der Waals surface area contributed by atoms with E-state index in [1.807, 2.05) is 6.07 Å². The van der Waals surface area contributed by atoms with Gasteiger partial charge in [0.2, 0.25) is 11.9 Å². The monoisotopic (exact) mass is 485 g/mol. The van der Waals surface area contributed by atoms with Crippen molar-refractivity contribution < 1.29 is 14.3 Å². The van der Waals surface area contributed by atoms with Crippen molar-refractivity contribution in [3.05, 3.63) is 41.7 Å². The first kappa shape index (κ1) is 25.0. The highest BCUT2D eigenvalue weighted by molar-refractivity contribution is 6.74. The van der Waals surface area contributed by atoms with Crippen LogP contribution in [0.5, 0.6) is 0 Å². The average Bonchev–Trinajstić information content (AvgIpc) is 3.33. The summed E-state index contributed by atoms with van der Waals surface area (Å²) in [5, 5.41) is 17.0. The predicted octanol–water partition coefficient (Wildman–Crippen LogP) is 4.17. The van der Waals surface area contributed by atoms with Gasteiger partial charge in [0.15, 0.2) is 8.32 Å². The van der Waals surface area contributed by atoms with Crippen molar-refractivity contribution in [2.75, 3.05) is 24.4 Å². The fourth-order valence-electron chi connectivity index (χ4n) is 4.80. The third-order valence-corrected chi connectivity index (χ3v) is 12.3. The summed E-state index contributed by atoms with van der Waals surface area (Å²) in [6.07, 6.45) is 4.11. The number of hydrogen-bond donors (Lipinski definition) is 3. The van der Waals surface area contributed by atoms with Crippen LogP contribution in [0.15, 0.2) is 30.6 Å². The van der Waals surface area contributed by atoms with E-state index in [1.54, 1.807) is 7.11 Å². The number of ether oxygens (including phenoxy) is 1. The molecule has 4 rings (SSSR count). The van der Waals surface area contributed by atoms with Crippen molar-refractivity contribution in [1.29, 1.82) is 0 Å². The van der Waals surface area contributed by atoms with Gasteiger partial charge in [0.25, 0.3) is 0 Å². The van der Waals surface area contributed by atoms with Crippen molar-refractivity contribution >= 4 is 20.2 Å². The molecular formula is C25H39N5O3Si. The molecule has 8 nitrogen and oxygen atoms in total. The van der Waals surface area contributed by atoms with Crippen LogP contribution in [0.2, 0.25) is 18.1 Å². The Kier molecular flexibility index (Phi) is 7.28. The van der Waals surface area contributed by atoms with Gasteiger partial charge in [-0.3, -0.25) is 0 Å². The molecule has 0 saturated heterocycles. The van der Waals surface area contributed by atoms with Crippen LogP contribution in [-0.4, -0.2) is 60.3 Å². The average molecular weight is 486 g/mol. The van der Waals surface area contributed by atoms with Crippen LogP contribution in [0.4, 0.5) is 11.9 Å². The van der Waals surface area contributed by atoms with Crippen molar-refractivity contribution in [2.45, 2.75) is 82.5 Å². The topological polar surface area (TPSA) is 101 Å². The van der Waals surface area contributed by atoms with E-state index in [2.05, 4.69) is 77.6 Å². The van der Waals surface area contributed by atoms with Crippen LogP contribution in [0, 0.1) is 5.92 Å². The molecule has 1 aromatic carbocycles. The fourth-order valence-corrected chi connectivity index (χ4v) is 6.20. The smallest absolute Gasteiger partial charge is 0.228 e. The number of anilines is 2. The van der Waals surface area contributed by atoms with Gasteiger partial charge in [0, 0.05) is 32.1 Å². The minimum atomic E-state index is -1.92. The number of nitrogens with zero attached hydrogens (tertiary/aromatic N) is 3. The van der Waals surface area contributed by atoms with Crippen molar-refractivity contribution in [1.82, 2.24) is 15.0 Å². The molecule has 0 spiro atoms. The lowest BCUT2D eigenvalue weighted by Gasteiger charge is -2.39. The summed E-state index contributed by atoms with van der Waals surface area (Å²) in [7, 11) is -0.179. The maximum atomic E-state index is 10.00. The van der Waals surface area contributed by atoms with E-state index >= 15 is 0 Å². The summed E-state index contributed by atoms with van der Waals surface area (Å²) < 4.78 is 12.4. The number of benzene rings is 1. The molecule has 1 saturated carbocycles. The quantitative estimate of drug-likeness (QED) is 0.479. The number of methoxy groups -OCH3 is 1. The van der Waals surface area contributed by atoms with Crippen LogP contribution >= 0.6 is 0 Å². The molecule has 0 bridgehead atoms. The molecule has 2 aliphatic rings. The number of fused-ring (bicyclic) bond motifs is 1. The molecule has 0 unspecified atom stereocenters. The molecule has 0 radical (unpaired) electrons. The Morgan fingerprint density at radius 3 is 2.44 bits per heavy atom. The van der Waals surface area contributed by atoms with Crippen LogP contribution in [0.25, 0.3) is 0 Å². The number of aromatic nitrogens is 3. The van der Waals surface area contributed by atoms with Gasteiger partial charge in [-0.25, -0.2) is 9.97 Å². The number of rotatable bonds is 8. The van der Waals surface area contributed by atoms with Gasteiger partial charge >= 0.3 is 0 Å². The molecule has 186 valence electrons. The SMILES string of the molecule is CO[C@H]1Cc2ccccc2[C@H]1Nc1ncnc(N[C@@H]2C[C@@H](CO)[C@H](O[Si](C)(C)C(C)(C)C)C2)n1. The maximum absolute atomic E-state index is 10.00. The standard InChI is InChI=1S/C25H39N5O3Si/c1-25(2,3)34(5,6)33-20-13-18(11-17(20)14-31)28-23-26-15-27-24(30-23)29-22-19-10-8-7-9-16(19)12-21(22)32-4/h7-10,15,17-18,20-22,31H,11-14H2,1-6H3,(H2,26,27,28,29,30)/t17-,18+,20+,21-,22+/m0/s1. The highest BCUT2D eigenvalue weighted by atomic mass is 28.4. The Bertz CT molecular complexity index is 983. The summed E-state index contributed by atoms with van der Waals surface area (Å²) in [5.74, 6) is 1.17. The Morgan fingerprint density at radius 2 is 1.76 bits per heavy atom. The zero-order valence-corrected chi connectivity index (χ0v) is 22.2. The van der Waals surface area contributed by atoms with Crippen molar-refractivity contribution in [2.24, 2.45) is 5.92 Å². The maximum Gasteiger partial charge on any atom is 0.228 e. The number of nitrogens with one attached hydrogen (secondary N) is 2. The van der Waals surface area contributed by atoms with E-state index in [0.717, 1.165) is 19.3 Å². The van der Waals surface area contributed by atoms with Gasteiger partial charge in [0.05, 0.1) is 18.2 Å². The highest BCUT2D eigenvalue weighted by Gasteiger charge is 2.44. The summed E-state index contributed by atoms with van der Waals surface area (Å²) >= 11 is 0. The van der Waals surface area contributed by atoms with E-state index < -0.39 is 8.32 Å². The molecule has 1 fully saturated rings. The number of hydrogen-bond acceptors (Lipinski definition) is 8. The van der Waals surface area contributed by atoms with Gasteiger partial charge in [-0.1, -0.05) is 45.0 Å². The lowest BCUT2D eigenvalue weighted by molar-refractivity contribution is 0.0958. The number of aliphatic hydroxyl groups is 1. The fraction of sp³-hybridized carbons (Fsp3) is 0.640. The third-order valence-electron chi connectivity index (χ3n) is 7.79. The van der Waals surface area contributed by atoms with Gasteiger partial charge in [-0.2, -0.15) is 4.98 Å². The van der Waals surface area contributed by atoms with Crippen LogP contribution in [-0.2, 0) is 15.6 Å². The van der Waals surface area contributed by atoms with E-state index in [-0.39, 0.29) is 41.9 Å². The molecule has 9 heteroatoms. The second kappa shape index (κ2) is 9.89. The molecule has 2 aromatic rings. The Hall–Kier alpha value is -2.07. The Balaban J connectivity index is 1.43. The molecule has 0 amide bonds. The summed E-state index contributed by atoms with van der Waals surface area (Å²) in [5.41, 5.74) is 2.50. The van der Waals surface area contributed by atoms with E-state index in [9.17, 15) is 5.11 Å². The molecule has 1 heterocycles. The van der Waals surface area contributed by atoms with Crippen LogP contribution in [0.1, 0.15) is 50.8 Å². The minimum Gasteiger partial charge on any atom is -0.413 e. The zero-order valence-electron chi connectivity index (χ0n) is 21.2. The largest absolute Gasteiger partial charge is 0.413 e. The minimum absolute atomic E-state index is 0.0101. The van der Waals surface area contributed by atoms with Gasteiger partial charge in [-0.15, -0.1) is 0 Å². The summed E-state index contributed by atoms with van der Waals surface area (Å²) in [4.78, 5) is 13.3. The summed E-state index contributed by atoms with van der Waals surface area (Å²) in [6.45, 7) is 11.4. The second-order valence-corrected chi connectivity index (χ2v) is 15.9.